The molecule has 2 heterocycles. The Labute approximate surface area is 165 Å². The fraction of sp³-hybridized carbons (Fsp3) is 0.364. The van der Waals surface area contributed by atoms with Gasteiger partial charge in [-0.05, 0) is 24.3 Å². The molecule has 2 aromatic carbocycles. The fourth-order valence-corrected chi connectivity index (χ4v) is 3.78. The number of nitrogens with one attached hydrogen (secondary N) is 1. The van der Waals surface area contributed by atoms with Gasteiger partial charge in [-0.2, -0.15) is 0 Å². The van der Waals surface area contributed by atoms with Crippen LogP contribution in [0.25, 0.3) is 0 Å². The van der Waals surface area contributed by atoms with Crippen LogP contribution in [0.3, 0.4) is 0 Å². The molecule has 0 aromatic heterocycles. The predicted molar refractivity (Wildman–Crippen MR) is 109 cm³/mol. The Hall–Kier alpha value is -3.02. The van der Waals surface area contributed by atoms with Crippen molar-refractivity contribution in [3.05, 3.63) is 54.1 Å². The molecule has 0 saturated carbocycles. The van der Waals surface area contributed by atoms with E-state index < -0.39 is 0 Å². The van der Waals surface area contributed by atoms with Crippen LogP contribution in [0.4, 0.5) is 11.4 Å². The Balaban J connectivity index is 1.24. The number of carbonyl (C=O) groups excluding carboxylic acids is 2. The van der Waals surface area contributed by atoms with Crippen molar-refractivity contribution in [2.75, 3.05) is 43.0 Å². The van der Waals surface area contributed by atoms with Gasteiger partial charge in [-0.25, -0.2) is 0 Å². The first kappa shape index (κ1) is 18.3. The first-order valence-corrected chi connectivity index (χ1v) is 9.83. The second-order valence-electron chi connectivity index (χ2n) is 7.13. The fourth-order valence-electron chi connectivity index (χ4n) is 3.78. The highest BCUT2D eigenvalue weighted by molar-refractivity contribution is 5.94. The molecule has 2 aliphatic heterocycles. The quantitative estimate of drug-likeness (QED) is 0.868. The van der Waals surface area contributed by atoms with Crippen LogP contribution in [0.2, 0.25) is 0 Å². The third-order valence-corrected chi connectivity index (χ3v) is 5.34. The van der Waals surface area contributed by atoms with Gasteiger partial charge in [-0.3, -0.25) is 9.59 Å². The maximum Gasteiger partial charge on any atom is 0.224 e. The van der Waals surface area contributed by atoms with E-state index in [0.717, 1.165) is 36.5 Å². The number of rotatable bonds is 5. The molecular weight excluding hydrogens is 354 g/mol. The van der Waals surface area contributed by atoms with Crippen molar-refractivity contribution in [2.45, 2.75) is 19.3 Å². The van der Waals surface area contributed by atoms with Crippen molar-refractivity contribution in [1.29, 1.82) is 0 Å². The van der Waals surface area contributed by atoms with Gasteiger partial charge in [0.15, 0.2) is 0 Å². The highest BCUT2D eigenvalue weighted by Gasteiger charge is 2.22. The van der Waals surface area contributed by atoms with Crippen molar-refractivity contribution in [2.24, 2.45) is 0 Å². The minimum Gasteiger partial charge on any atom is -0.493 e. The van der Waals surface area contributed by atoms with Crippen molar-refractivity contribution in [3.8, 4) is 5.75 Å². The lowest BCUT2D eigenvalue weighted by Gasteiger charge is -2.36. The maximum atomic E-state index is 12.5. The normalized spacial score (nSPS) is 15.7. The molecule has 0 bridgehead atoms. The number of hydrogen-bond donors (Lipinski definition) is 1. The summed E-state index contributed by atoms with van der Waals surface area (Å²) in [7, 11) is 0. The SMILES string of the molecule is O=C(CCC(=O)N1CCN(c2ccccc2)CC1)Nc1cccc2c1CCO2. The van der Waals surface area contributed by atoms with Gasteiger partial charge >= 0.3 is 0 Å². The Morgan fingerprint density at radius 1 is 0.929 bits per heavy atom. The summed E-state index contributed by atoms with van der Waals surface area (Å²) < 4.78 is 5.52. The highest BCUT2D eigenvalue weighted by Crippen LogP contribution is 2.31. The van der Waals surface area contributed by atoms with E-state index in [0.29, 0.717) is 19.7 Å². The third kappa shape index (κ3) is 4.11. The number of anilines is 2. The molecule has 6 heteroatoms. The second-order valence-corrected chi connectivity index (χ2v) is 7.13. The van der Waals surface area contributed by atoms with Gasteiger partial charge in [0.2, 0.25) is 11.8 Å². The summed E-state index contributed by atoms with van der Waals surface area (Å²) in [6, 6.07) is 15.9. The Morgan fingerprint density at radius 2 is 1.71 bits per heavy atom. The smallest absolute Gasteiger partial charge is 0.224 e. The molecule has 0 spiro atoms. The number of ether oxygens (including phenoxy) is 1. The topological polar surface area (TPSA) is 61.9 Å². The van der Waals surface area contributed by atoms with Crippen molar-refractivity contribution in [3.63, 3.8) is 0 Å². The molecular formula is C22H25N3O3. The third-order valence-electron chi connectivity index (χ3n) is 5.34. The molecule has 0 radical (unpaired) electrons. The molecule has 146 valence electrons. The Kier molecular flexibility index (Phi) is 5.46. The molecule has 1 saturated heterocycles. The van der Waals surface area contributed by atoms with Crippen LogP contribution in [0, 0.1) is 0 Å². The molecule has 28 heavy (non-hydrogen) atoms. The van der Waals surface area contributed by atoms with E-state index in [-0.39, 0.29) is 24.7 Å². The van der Waals surface area contributed by atoms with Crippen LogP contribution in [-0.4, -0.2) is 49.5 Å². The number of para-hydroxylation sites is 1. The lowest BCUT2D eigenvalue weighted by Crippen LogP contribution is -2.48. The average molecular weight is 379 g/mol. The van der Waals surface area contributed by atoms with E-state index in [2.05, 4.69) is 22.3 Å². The molecule has 6 nitrogen and oxygen atoms in total. The van der Waals surface area contributed by atoms with Crippen LogP contribution >= 0.6 is 0 Å². The lowest BCUT2D eigenvalue weighted by atomic mass is 10.1. The van der Waals surface area contributed by atoms with Crippen LogP contribution in [0.1, 0.15) is 18.4 Å². The summed E-state index contributed by atoms with van der Waals surface area (Å²) in [5.41, 5.74) is 3.02. The predicted octanol–water partition coefficient (Wildman–Crippen LogP) is 2.69. The summed E-state index contributed by atoms with van der Waals surface area (Å²) in [5.74, 6) is 0.756. The Bertz CT molecular complexity index is 845. The summed E-state index contributed by atoms with van der Waals surface area (Å²) in [6.45, 7) is 3.67. The van der Waals surface area contributed by atoms with Gasteiger partial charge in [0, 0.05) is 62.4 Å². The summed E-state index contributed by atoms with van der Waals surface area (Å²) in [4.78, 5) is 28.9. The average Bonchev–Trinajstić information content (AvgIpc) is 3.23. The molecule has 1 fully saturated rings. The van der Waals surface area contributed by atoms with Gasteiger partial charge in [-0.1, -0.05) is 24.3 Å². The van der Waals surface area contributed by atoms with Gasteiger partial charge in [0.1, 0.15) is 5.75 Å². The van der Waals surface area contributed by atoms with E-state index in [1.165, 1.54) is 5.69 Å². The minimum absolute atomic E-state index is 0.0458. The number of piperazine rings is 1. The summed E-state index contributed by atoms with van der Waals surface area (Å²) >= 11 is 0. The zero-order chi connectivity index (χ0) is 19.3. The number of carbonyl (C=O) groups is 2. The molecule has 4 rings (SSSR count). The Morgan fingerprint density at radius 3 is 2.50 bits per heavy atom. The molecule has 0 atom stereocenters. The van der Waals surface area contributed by atoms with Gasteiger partial charge in [0.05, 0.1) is 6.61 Å². The zero-order valence-corrected chi connectivity index (χ0v) is 15.9. The van der Waals surface area contributed by atoms with E-state index in [1.54, 1.807) is 0 Å². The zero-order valence-electron chi connectivity index (χ0n) is 15.9. The standard InChI is InChI=1S/C22H25N3O3/c26-21(23-19-7-4-8-20-18(19)11-16-28-20)9-10-22(27)25-14-12-24(13-15-25)17-5-2-1-3-6-17/h1-8H,9-16H2,(H,23,26). The number of amides is 2. The molecule has 2 aromatic rings. The van der Waals surface area contributed by atoms with Gasteiger partial charge < -0.3 is 19.9 Å². The lowest BCUT2D eigenvalue weighted by molar-refractivity contribution is -0.133. The summed E-state index contributed by atoms with van der Waals surface area (Å²) in [5, 5.41) is 2.93. The second kappa shape index (κ2) is 8.33. The number of nitrogens with zero attached hydrogens (tertiary/aromatic N) is 2. The maximum absolute atomic E-state index is 12.5. The summed E-state index contributed by atoms with van der Waals surface area (Å²) in [6.07, 6.45) is 1.24. The molecule has 1 N–H and O–H groups in total. The first-order chi connectivity index (χ1) is 13.7. The molecule has 2 aliphatic rings. The van der Waals surface area contributed by atoms with E-state index in [1.807, 2.05) is 41.3 Å². The van der Waals surface area contributed by atoms with Crippen LogP contribution in [-0.2, 0) is 16.0 Å². The number of fused-ring (bicyclic) bond motifs is 1. The number of hydrogen-bond acceptors (Lipinski definition) is 4. The molecule has 2 amide bonds. The molecule has 0 unspecified atom stereocenters. The van der Waals surface area contributed by atoms with E-state index >= 15 is 0 Å². The van der Waals surface area contributed by atoms with E-state index in [9.17, 15) is 9.59 Å². The minimum atomic E-state index is -0.128. The van der Waals surface area contributed by atoms with Crippen molar-refractivity contribution in [1.82, 2.24) is 4.90 Å². The van der Waals surface area contributed by atoms with Gasteiger partial charge in [0.25, 0.3) is 0 Å². The van der Waals surface area contributed by atoms with Crippen molar-refractivity contribution >= 4 is 23.2 Å². The number of benzene rings is 2. The van der Waals surface area contributed by atoms with Gasteiger partial charge in [-0.15, -0.1) is 0 Å². The van der Waals surface area contributed by atoms with Crippen molar-refractivity contribution < 1.29 is 14.3 Å². The van der Waals surface area contributed by atoms with Crippen LogP contribution in [0.15, 0.2) is 48.5 Å². The monoisotopic (exact) mass is 379 g/mol. The molecule has 0 aliphatic carbocycles. The largest absolute Gasteiger partial charge is 0.493 e. The van der Waals surface area contributed by atoms with E-state index in [4.69, 9.17) is 4.74 Å². The highest BCUT2D eigenvalue weighted by atomic mass is 16.5. The first-order valence-electron chi connectivity index (χ1n) is 9.83. The van der Waals surface area contributed by atoms with Crippen LogP contribution in [0.5, 0.6) is 5.75 Å². The van der Waals surface area contributed by atoms with Crippen LogP contribution < -0.4 is 15.0 Å².